The highest BCUT2D eigenvalue weighted by molar-refractivity contribution is 5.85. The minimum absolute atomic E-state index is 0. The van der Waals surface area contributed by atoms with Gasteiger partial charge in [-0.1, -0.05) is 6.92 Å². The van der Waals surface area contributed by atoms with Gasteiger partial charge in [0, 0.05) is 0 Å². The lowest BCUT2D eigenvalue weighted by molar-refractivity contribution is -0.166. The minimum Gasteiger partial charge on any atom is -0.263 e. The lowest BCUT2D eigenvalue weighted by atomic mass is 10.2. The number of rotatable bonds is 2. The number of aromatic nitrogens is 1. The Morgan fingerprint density at radius 1 is 1.31 bits per heavy atom. The summed E-state index contributed by atoms with van der Waals surface area (Å²) in [6.07, 6.45) is -4.79. The lowest BCUT2D eigenvalue weighted by Crippen LogP contribution is -2.25. The molecule has 0 aromatic carbocycles. The molecule has 7 heteroatoms. The Kier molecular flexibility index (Phi) is 3.32. The largest absolute Gasteiger partial charge is 0.409 e. The summed E-state index contributed by atoms with van der Waals surface area (Å²) in [7, 11) is 0. The summed E-state index contributed by atoms with van der Waals surface area (Å²) in [5.74, 6) is 0. The van der Waals surface area contributed by atoms with E-state index >= 15 is 0 Å². The van der Waals surface area contributed by atoms with Crippen LogP contribution < -0.4 is 11.1 Å². The van der Waals surface area contributed by atoms with Gasteiger partial charge in [-0.2, -0.15) is 13.2 Å². The molecule has 0 fully saturated rings. The summed E-state index contributed by atoms with van der Waals surface area (Å²) in [5, 5.41) is 0. The van der Waals surface area contributed by atoms with Gasteiger partial charge in [0.2, 0.25) is 0 Å². The SMILES string of the molecule is CCC(n1c(=O)c1=O)C(F)(F)F.Cl. The van der Waals surface area contributed by atoms with Gasteiger partial charge in [-0.3, -0.25) is 14.2 Å². The molecule has 0 aliphatic heterocycles. The van der Waals surface area contributed by atoms with Crippen LogP contribution in [-0.4, -0.2) is 10.7 Å². The van der Waals surface area contributed by atoms with Crippen LogP contribution in [-0.2, 0) is 0 Å². The zero-order chi connectivity index (χ0) is 9.52. The van der Waals surface area contributed by atoms with Gasteiger partial charge in [0.1, 0.15) is 6.04 Å². The predicted molar refractivity (Wildman–Crippen MR) is 42.0 cm³/mol. The van der Waals surface area contributed by atoms with E-state index in [9.17, 15) is 22.8 Å². The van der Waals surface area contributed by atoms with Crippen LogP contribution >= 0.6 is 12.4 Å². The van der Waals surface area contributed by atoms with Gasteiger partial charge in [-0.05, 0) is 6.42 Å². The number of alkyl halides is 3. The molecule has 0 aliphatic carbocycles. The van der Waals surface area contributed by atoms with E-state index in [1.165, 1.54) is 6.92 Å². The minimum atomic E-state index is -4.50. The zero-order valence-corrected chi connectivity index (χ0v) is 7.41. The standard InChI is InChI=1S/C6H6F3NO2.ClH/c1-2-3(6(7,8)9)10-4(11)5(10)12;/h3H,2H2,1H3;1H. The normalized spacial score (nSPS) is 14.2. The molecule has 1 atom stereocenters. The summed E-state index contributed by atoms with van der Waals surface area (Å²) in [5.41, 5.74) is -2.08. The number of hydrogen-bond acceptors (Lipinski definition) is 2. The molecule has 0 radical (unpaired) electrons. The molecule has 13 heavy (non-hydrogen) atoms. The van der Waals surface area contributed by atoms with Crippen molar-refractivity contribution in [2.75, 3.05) is 0 Å². The van der Waals surface area contributed by atoms with Crippen molar-refractivity contribution < 1.29 is 13.2 Å². The Hall–Kier alpha value is -0.780. The molecule has 1 aromatic heterocycles. The molecule has 0 saturated heterocycles. The first-order valence-electron chi connectivity index (χ1n) is 3.33. The van der Waals surface area contributed by atoms with Gasteiger partial charge in [-0.25, -0.2) is 0 Å². The first kappa shape index (κ1) is 12.2. The average molecular weight is 218 g/mol. The maximum Gasteiger partial charge on any atom is 0.409 e. The fourth-order valence-electron chi connectivity index (χ4n) is 0.989. The molecule has 3 nitrogen and oxygen atoms in total. The van der Waals surface area contributed by atoms with E-state index < -0.39 is 23.3 Å². The van der Waals surface area contributed by atoms with Crippen LogP contribution in [0.4, 0.5) is 13.2 Å². The van der Waals surface area contributed by atoms with Crippen molar-refractivity contribution in [1.82, 2.24) is 4.57 Å². The van der Waals surface area contributed by atoms with E-state index in [2.05, 4.69) is 0 Å². The first-order chi connectivity index (χ1) is 5.39. The van der Waals surface area contributed by atoms with Gasteiger partial charge in [0.05, 0.1) is 0 Å². The molecular formula is C6H7ClF3NO2. The number of halogens is 4. The molecule has 1 unspecified atom stereocenters. The topological polar surface area (TPSA) is 39.1 Å². The van der Waals surface area contributed by atoms with Crippen molar-refractivity contribution in [2.45, 2.75) is 25.6 Å². The molecule has 1 heterocycles. The third kappa shape index (κ3) is 2.12. The van der Waals surface area contributed by atoms with Crippen molar-refractivity contribution in [1.29, 1.82) is 0 Å². The fourth-order valence-corrected chi connectivity index (χ4v) is 0.989. The van der Waals surface area contributed by atoms with Crippen LogP contribution in [0, 0.1) is 0 Å². The summed E-state index contributed by atoms with van der Waals surface area (Å²) in [4.78, 5) is 20.7. The van der Waals surface area contributed by atoms with Crippen LogP contribution in [0.2, 0.25) is 0 Å². The van der Waals surface area contributed by atoms with E-state index in [-0.39, 0.29) is 23.4 Å². The molecule has 0 aliphatic rings. The van der Waals surface area contributed by atoms with Crippen LogP contribution in [0.1, 0.15) is 19.4 Å². The van der Waals surface area contributed by atoms with Crippen molar-refractivity contribution in [2.24, 2.45) is 0 Å². The Balaban J connectivity index is 0.00000144. The molecule has 0 spiro atoms. The molecule has 0 amide bonds. The molecule has 0 bridgehead atoms. The third-order valence-electron chi connectivity index (χ3n) is 1.65. The molecule has 1 rings (SSSR count). The molecular weight excluding hydrogens is 211 g/mol. The summed E-state index contributed by atoms with van der Waals surface area (Å²) >= 11 is 0. The van der Waals surface area contributed by atoms with Gasteiger partial charge in [-0.15, -0.1) is 12.4 Å². The van der Waals surface area contributed by atoms with Crippen LogP contribution in [0.5, 0.6) is 0 Å². The second-order valence-corrected chi connectivity index (χ2v) is 2.45. The Labute approximate surface area is 77.3 Å². The molecule has 0 N–H and O–H groups in total. The predicted octanol–water partition coefficient (Wildman–Crippen LogP) is 1.02. The monoisotopic (exact) mass is 217 g/mol. The summed E-state index contributed by atoms with van der Waals surface area (Å²) in [6.45, 7) is 1.27. The van der Waals surface area contributed by atoms with E-state index in [1.807, 2.05) is 0 Å². The Morgan fingerprint density at radius 3 is 1.77 bits per heavy atom. The van der Waals surface area contributed by atoms with E-state index in [4.69, 9.17) is 0 Å². The highest BCUT2D eigenvalue weighted by Gasteiger charge is 2.44. The smallest absolute Gasteiger partial charge is 0.263 e. The maximum atomic E-state index is 12.0. The Morgan fingerprint density at radius 2 is 1.69 bits per heavy atom. The lowest BCUT2D eigenvalue weighted by Gasteiger charge is -2.14. The van der Waals surface area contributed by atoms with E-state index in [0.29, 0.717) is 0 Å². The van der Waals surface area contributed by atoms with Crippen LogP contribution in [0.15, 0.2) is 9.59 Å². The second kappa shape index (κ2) is 3.53. The van der Waals surface area contributed by atoms with Crippen molar-refractivity contribution >= 4 is 12.4 Å². The van der Waals surface area contributed by atoms with E-state index in [1.54, 1.807) is 0 Å². The maximum absolute atomic E-state index is 12.0. The highest BCUT2D eigenvalue weighted by Crippen LogP contribution is 2.31. The molecule has 1 aromatic rings. The third-order valence-corrected chi connectivity index (χ3v) is 1.65. The van der Waals surface area contributed by atoms with Gasteiger partial charge >= 0.3 is 17.3 Å². The number of hydrogen-bond donors (Lipinski definition) is 0. The molecule has 76 valence electrons. The second-order valence-electron chi connectivity index (χ2n) is 2.45. The van der Waals surface area contributed by atoms with Gasteiger partial charge < -0.3 is 0 Å². The van der Waals surface area contributed by atoms with Gasteiger partial charge in [0.25, 0.3) is 0 Å². The quantitative estimate of drug-likeness (QED) is 0.694. The van der Waals surface area contributed by atoms with E-state index in [0.717, 1.165) is 0 Å². The number of nitrogens with zero attached hydrogens (tertiary/aromatic N) is 1. The summed E-state index contributed by atoms with van der Waals surface area (Å²) in [6, 6.07) is -1.93. The van der Waals surface area contributed by atoms with Crippen molar-refractivity contribution in [3.8, 4) is 0 Å². The van der Waals surface area contributed by atoms with Crippen molar-refractivity contribution in [3.05, 3.63) is 20.7 Å². The molecule has 0 saturated carbocycles. The highest BCUT2D eigenvalue weighted by atomic mass is 35.5. The van der Waals surface area contributed by atoms with Crippen molar-refractivity contribution in [3.63, 3.8) is 0 Å². The zero-order valence-electron chi connectivity index (χ0n) is 6.59. The summed E-state index contributed by atoms with van der Waals surface area (Å²) < 4.78 is 36.3. The first-order valence-corrected chi connectivity index (χ1v) is 3.33. The van der Waals surface area contributed by atoms with Crippen LogP contribution in [0.25, 0.3) is 0 Å². The van der Waals surface area contributed by atoms with Crippen LogP contribution in [0.3, 0.4) is 0 Å². The fraction of sp³-hybridized carbons (Fsp3) is 0.667. The van der Waals surface area contributed by atoms with Gasteiger partial charge in [0.15, 0.2) is 0 Å². The average Bonchev–Trinajstić information content (AvgIpc) is 2.44. The Bertz CT molecular complexity index is 324.